The van der Waals surface area contributed by atoms with E-state index in [1.807, 2.05) is 11.1 Å². The molecule has 4 rings (SSSR count). The number of halogens is 1. The monoisotopic (exact) mass is 735 g/mol. The average Bonchev–Trinajstić information content (AvgIpc) is 3.63. The highest BCUT2D eigenvalue weighted by molar-refractivity contribution is 5.80. The molecule has 0 bridgehead atoms. The first kappa shape index (κ1) is 42.0. The minimum absolute atomic E-state index is 0. The maximum Gasteiger partial charge on any atom is 0.247 e. The fourth-order valence-electron chi connectivity index (χ4n) is 5.71. The van der Waals surface area contributed by atoms with Crippen molar-refractivity contribution >= 4 is 23.8 Å². The first-order valence-corrected chi connectivity index (χ1v) is 17.8. The van der Waals surface area contributed by atoms with Gasteiger partial charge in [0.1, 0.15) is 12.6 Å². The van der Waals surface area contributed by atoms with Crippen molar-refractivity contribution in [3.8, 4) is 12.3 Å². The Balaban J connectivity index is 0.00000702. The van der Waals surface area contributed by atoms with Crippen LogP contribution in [0.3, 0.4) is 0 Å². The number of hydrogen-bond donors (Lipinski definition) is 3. The first-order chi connectivity index (χ1) is 24.4. The van der Waals surface area contributed by atoms with Crippen molar-refractivity contribution in [2.45, 2.75) is 51.6 Å². The molecule has 2 aliphatic rings. The molecule has 0 saturated carbocycles. The lowest BCUT2D eigenvalue weighted by Gasteiger charge is -2.36. The SMILES string of the molecule is C#CCOCCOCCOCCNc1nc(N2CCOCC2)nc(N2CCN(C(=O)[C@H](CCCCN)n3cc([C@@H](N)CC(C)C)nn3)CC2)n1.[Cl-]. The number of amides is 1. The molecule has 4 heterocycles. The molecule has 286 valence electrons. The smallest absolute Gasteiger partial charge is 0.247 e. The van der Waals surface area contributed by atoms with Gasteiger partial charge in [-0.2, -0.15) is 15.0 Å². The van der Waals surface area contributed by atoms with Crippen LogP contribution in [-0.2, 0) is 23.7 Å². The highest BCUT2D eigenvalue weighted by Crippen LogP contribution is 2.24. The second-order valence-electron chi connectivity index (χ2n) is 12.7. The molecular formula is C33H56ClN12O5-. The molecule has 0 unspecified atom stereocenters. The van der Waals surface area contributed by atoms with Crippen LogP contribution >= 0.6 is 0 Å². The number of nitrogens with two attached hydrogens (primary N) is 2. The highest BCUT2D eigenvalue weighted by atomic mass is 35.5. The molecule has 2 fully saturated rings. The van der Waals surface area contributed by atoms with Gasteiger partial charge in [0, 0.05) is 45.8 Å². The Bertz CT molecular complexity index is 1320. The second-order valence-corrected chi connectivity index (χ2v) is 12.7. The zero-order valence-electron chi connectivity index (χ0n) is 30.1. The lowest BCUT2D eigenvalue weighted by atomic mass is 10.0. The number of unbranched alkanes of at least 4 members (excludes halogenated alkanes) is 1. The van der Waals surface area contributed by atoms with Crippen molar-refractivity contribution in [3.63, 3.8) is 0 Å². The van der Waals surface area contributed by atoms with Crippen molar-refractivity contribution in [3.05, 3.63) is 11.9 Å². The van der Waals surface area contributed by atoms with Gasteiger partial charge in [0.15, 0.2) is 0 Å². The van der Waals surface area contributed by atoms with Gasteiger partial charge in [-0.25, -0.2) is 4.68 Å². The normalized spacial score (nSPS) is 16.1. The van der Waals surface area contributed by atoms with Gasteiger partial charge >= 0.3 is 0 Å². The standard InChI is InChI=1S/C33H56N12O5.ClH/c1-4-16-47-20-22-50-23-21-48-17-9-36-31-37-32(39-33(38-31)44-14-18-49-19-15-44)43-12-10-42(11-13-43)30(46)29(7-5-6-8-34)45-25-28(40-41-45)27(35)24-26(2)3;/h1,25-27,29H,5-24,34-35H2,2-3H3,(H,36,37,38,39);1H/p-1/t27-,29-;/m0./s1. The second kappa shape index (κ2) is 23.2. The zero-order chi connectivity index (χ0) is 35.6. The van der Waals surface area contributed by atoms with E-state index in [0.717, 1.165) is 19.3 Å². The van der Waals surface area contributed by atoms with Gasteiger partial charge in [-0.1, -0.05) is 25.0 Å². The van der Waals surface area contributed by atoms with Gasteiger partial charge in [-0.3, -0.25) is 4.79 Å². The Morgan fingerprint density at radius 2 is 1.61 bits per heavy atom. The molecule has 2 saturated heterocycles. The average molecular weight is 736 g/mol. The molecule has 18 heteroatoms. The number of piperazine rings is 1. The van der Waals surface area contributed by atoms with Crippen LogP contribution in [0.5, 0.6) is 0 Å². The largest absolute Gasteiger partial charge is 1.00 e. The fraction of sp³-hybridized carbons (Fsp3) is 0.758. The number of rotatable bonds is 22. The Kier molecular flexibility index (Phi) is 19.2. The van der Waals surface area contributed by atoms with E-state index in [0.29, 0.717) is 134 Å². The summed E-state index contributed by atoms with van der Waals surface area (Å²) in [7, 11) is 0. The van der Waals surface area contributed by atoms with Crippen molar-refractivity contribution in [1.82, 2.24) is 34.8 Å². The number of hydrogen-bond acceptors (Lipinski definition) is 15. The number of morpholine rings is 1. The molecule has 0 spiro atoms. The predicted molar refractivity (Wildman–Crippen MR) is 190 cm³/mol. The summed E-state index contributed by atoms with van der Waals surface area (Å²) in [4.78, 5) is 34.3. The fourth-order valence-corrected chi connectivity index (χ4v) is 5.71. The van der Waals surface area contributed by atoms with Gasteiger partial charge in [0.05, 0.1) is 64.2 Å². The van der Waals surface area contributed by atoms with Crippen molar-refractivity contribution < 1.29 is 36.1 Å². The third-order valence-electron chi connectivity index (χ3n) is 8.41. The van der Waals surface area contributed by atoms with Gasteiger partial charge in [0.25, 0.3) is 0 Å². The molecule has 0 aliphatic carbocycles. The van der Waals surface area contributed by atoms with Crippen LogP contribution in [0.4, 0.5) is 17.8 Å². The summed E-state index contributed by atoms with van der Waals surface area (Å²) in [5, 5.41) is 12.0. The van der Waals surface area contributed by atoms with Gasteiger partial charge in [-0.05, 0) is 38.1 Å². The number of terminal acetylenes is 1. The van der Waals surface area contributed by atoms with E-state index in [-0.39, 0.29) is 31.0 Å². The Morgan fingerprint density at radius 1 is 0.961 bits per heavy atom. The molecule has 2 aromatic heterocycles. The van der Waals surface area contributed by atoms with Crippen LogP contribution in [0.1, 0.15) is 57.3 Å². The van der Waals surface area contributed by atoms with Gasteiger partial charge in [-0.15, -0.1) is 11.5 Å². The minimum Gasteiger partial charge on any atom is -1.00 e. The molecule has 2 aromatic rings. The van der Waals surface area contributed by atoms with Crippen LogP contribution < -0.4 is 39.0 Å². The van der Waals surface area contributed by atoms with Crippen LogP contribution in [0.15, 0.2) is 6.20 Å². The number of anilines is 3. The summed E-state index contributed by atoms with van der Waals surface area (Å²) in [6.45, 7) is 12.7. The van der Waals surface area contributed by atoms with E-state index in [4.69, 9.17) is 51.8 Å². The Morgan fingerprint density at radius 3 is 2.25 bits per heavy atom. The summed E-state index contributed by atoms with van der Waals surface area (Å²) in [5.74, 6) is 4.50. The van der Waals surface area contributed by atoms with Gasteiger partial charge in [0.2, 0.25) is 23.8 Å². The van der Waals surface area contributed by atoms with Crippen LogP contribution in [0.25, 0.3) is 0 Å². The molecule has 5 N–H and O–H groups in total. The molecule has 2 aliphatic heterocycles. The highest BCUT2D eigenvalue weighted by Gasteiger charge is 2.31. The molecule has 0 aromatic carbocycles. The van der Waals surface area contributed by atoms with E-state index in [2.05, 4.69) is 45.2 Å². The molecular weight excluding hydrogens is 680 g/mol. The molecule has 17 nitrogen and oxygen atoms in total. The summed E-state index contributed by atoms with van der Waals surface area (Å²) in [6, 6.07) is -0.694. The Labute approximate surface area is 307 Å². The maximum absolute atomic E-state index is 13.9. The van der Waals surface area contributed by atoms with Crippen molar-refractivity contribution in [1.29, 1.82) is 0 Å². The molecule has 51 heavy (non-hydrogen) atoms. The summed E-state index contributed by atoms with van der Waals surface area (Å²) in [5.41, 5.74) is 12.9. The quantitative estimate of drug-likeness (QED) is 0.0845. The molecule has 1 amide bonds. The van der Waals surface area contributed by atoms with E-state index in [1.165, 1.54) is 0 Å². The van der Waals surface area contributed by atoms with Crippen molar-refractivity contribution in [2.75, 3.05) is 120 Å². The van der Waals surface area contributed by atoms with Crippen LogP contribution in [0, 0.1) is 18.3 Å². The first-order valence-electron chi connectivity index (χ1n) is 17.8. The molecule has 0 radical (unpaired) electrons. The van der Waals surface area contributed by atoms with Gasteiger partial charge < -0.3 is 62.8 Å². The maximum atomic E-state index is 13.9. The van der Waals surface area contributed by atoms with E-state index >= 15 is 0 Å². The third-order valence-corrected chi connectivity index (χ3v) is 8.41. The van der Waals surface area contributed by atoms with Crippen LogP contribution in [0.2, 0.25) is 0 Å². The van der Waals surface area contributed by atoms with E-state index < -0.39 is 6.04 Å². The summed E-state index contributed by atoms with van der Waals surface area (Å²) < 4.78 is 23.6. The van der Waals surface area contributed by atoms with E-state index in [9.17, 15) is 4.79 Å². The number of nitrogens with one attached hydrogen (secondary N) is 1. The lowest BCUT2D eigenvalue weighted by Crippen LogP contribution is -3.00. The lowest BCUT2D eigenvalue weighted by molar-refractivity contribution is -0.135. The predicted octanol–water partition coefficient (Wildman–Crippen LogP) is -2.54. The molecule has 2 atom stereocenters. The summed E-state index contributed by atoms with van der Waals surface area (Å²) >= 11 is 0. The van der Waals surface area contributed by atoms with E-state index in [1.54, 1.807) is 4.68 Å². The number of aromatic nitrogens is 6. The number of carbonyl (C=O) groups is 1. The number of carbonyl (C=O) groups excluding carboxylic acids is 1. The summed E-state index contributed by atoms with van der Waals surface area (Å²) in [6.07, 6.45) is 10.1. The third kappa shape index (κ3) is 13.9. The topological polar surface area (TPSA) is 197 Å². The van der Waals surface area contributed by atoms with Crippen molar-refractivity contribution in [2.24, 2.45) is 17.4 Å². The Hall–Kier alpha value is -3.37. The van der Waals surface area contributed by atoms with Crippen LogP contribution in [-0.4, -0.2) is 146 Å². The number of ether oxygens (including phenoxy) is 4. The zero-order valence-corrected chi connectivity index (χ0v) is 30.9. The minimum atomic E-state index is -0.469. The number of nitrogens with zero attached hydrogens (tertiary/aromatic N) is 9.